The van der Waals surface area contributed by atoms with Gasteiger partial charge < -0.3 is 38.8 Å². The molecule has 0 unspecified atom stereocenters. The van der Waals surface area contributed by atoms with E-state index in [1.807, 2.05) is 224 Å². The van der Waals surface area contributed by atoms with Crippen LogP contribution in [0.4, 0.5) is 29.1 Å². The van der Waals surface area contributed by atoms with Crippen molar-refractivity contribution < 1.29 is 10.5 Å². The van der Waals surface area contributed by atoms with Crippen LogP contribution in [0.3, 0.4) is 0 Å². The Balaban J connectivity index is 0.000000224. The molecule has 0 saturated heterocycles. The highest BCUT2D eigenvalue weighted by molar-refractivity contribution is 7.59. The van der Waals surface area contributed by atoms with E-state index < -0.39 is 0 Å². The van der Waals surface area contributed by atoms with E-state index in [1.165, 1.54) is 12.4 Å². The first kappa shape index (κ1) is 84.4. The highest BCUT2D eigenvalue weighted by atomic mass is 35.5. The van der Waals surface area contributed by atoms with Gasteiger partial charge in [-0.05, 0) is 177 Å². The lowest BCUT2D eigenvalue weighted by atomic mass is 9.89. The number of nitrogens with two attached hydrogens (primary N) is 4. The van der Waals surface area contributed by atoms with Gasteiger partial charge in [0, 0.05) is 94.3 Å². The van der Waals surface area contributed by atoms with Crippen LogP contribution in [0.25, 0.3) is 81.3 Å². The summed E-state index contributed by atoms with van der Waals surface area (Å²) in [5.74, 6) is 0.462. The molecule has 6 aromatic carbocycles. The van der Waals surface area contributed by atoms with Crippen molar-refractivity contribution in [1.29, 1.82) is 0 Å². The zero-order valence-corrected chi connectivity index (χ0v) is 63.4. The second-order valence-corrected chi connectivity index (χ2v) is 24.4. The van der Waals surface area contributed by atoms with Crippen molar-refractivity contribution in [3.05, 3.63) is 329 Å². The predicted molar refractivity (Wildman–Crippen MR) is 449 cm³/mol. The van der Waals surface area contributed by atoms with Crippen molar-refractivity contribution in [2.45, 2.75) is 59.7 Å². The Bertz CT molecular complexity index is 5700. The fourth-order valence-electron chi connectivity index (χ4n) is 11.5. The highest BCUT2D eigenvalue weighted by Crippen LogP contribution is 2.34. The summed E-state index contributed by atoms with van der Waals surface area (Å²) in [6.45, 7) is 25.5. The largest absolute Gasteiger partial charge is 0.450 e. The van der Waals surface area contributed by atoms with Crippen LogP contribution in [0, 0.1) is 33.9 Å². The summed E-state index contributed by atoms with van der Waals surface area (Å²) in [6.07, 6.45) is 7.87. The smallest absolute Gasteiger partial charge is 0.326 e. The molecule has 0 spiro atoms. The molecule has 0 aliphatic heterocycles. The predicted octanol–water partition coefficient (Wildman–Crippen LogP) is 13.9. The summed E-state index contributed by atoms with van der Waals surface area (Å²) < 4.78 is 5.07. The first-order valence-electron chi connectivity index (χ1n) is 32.2. The standard InChI is InChI=1S/C28H23N7O.C23H21N3O.C17H15ClN2O.C6H7BNO.C5H3ClN4.H2O.3H2S/c1-17-14-19(12-13-31-17)22-11-7-8-20-15-24(18(2)33-26-23(30-3)16-32-28(29)34-26)35(27(36)25(20)22)21-9-5-4-6-10-21;1-15-13-17(11-12-25-15)20-10-6-7-18-14-21(16(2)24)26(23(27)22(18)20)19-8-4-3-5-9-19;1-11(19)15-10-12-6-5-9-14(18)16(12)17(21)20(15)13-7-3-2-4-8-13;1-5-4-6(7-9)2-3-8-5;1-8-3-2-9-5(7)10-4(3)6;;;;/h4-16,18H,1-2H3,(H3,29,32,33,34);3-14,16H,24H2,1-2H3;2-11H,19H2,1H3;2-4,9H,1H3;2H,(H2,7,9,10);4*1H2/t18-;16-;11-;;;;;;/m000....../s1. The monoisotopic (exact) mass is 1520 g/mol. The van der Waals surface area contributed by atoms with Gasteiger partial charge in [-0.2, -0.15) is 40.5 Å². The van der Waals surface area contributed by atoms with Gasteiger partial charge in [0.15, 0.2) is 0 Å². The molecule has 12 N–H and O–H groups in total. The topological polar surface area (TPSA) is 333 Å². The van der Waals surface area contributed by atoms with Crippen molar-refractivity contribution in [2.24, 2.45) is 11.5 Å². The number of aromatic nitrogens is 10. The van der Waals surface area contributed by atoms with Gasteiger partial charge in [-0.15, -0.1) is 0 Å². The van der Waals surface area contributed by atoms with E-state index >= 15 is 0 Å². The molecule has 0 fully saturated rings. The third-order valence-electron chi connectivity index (χ3n) is 16.2. The minimum atomic E-state index is -0.385. The average molecular weight is 1520 g/mol. The normalized spacial score (nSPS) is 11.1. The van der Waals surface area contributed by atoms with E-state index in [-0.39, 0.29) is 109 Å². The summed E-state index contributed by atoms with van der Waals surface area (Å²) in [4.78, 5) is 75.0. The first-order valence-corrected chi connectivity index (χ1v) is 33.0. The summed E-state index contributed by atoms with van der Waals surface area (Å²) in [7, 11) is 1.06. The number of pyridine rings is 6. The maximum absolute atomic E-state index is 14.2. The zero-order chi connectivity index (χ0) is 73.4. The number of para-hydroxylation sites is 3. The lowest BCUT2D eigenvalue weighted by molar-refractivity contribution is 0.615. The molecular formula is C79H77BCl2N17O5S3. The van der Waals surface area contributed by atoms with Gasteiger partial charge in [-0.1, -0.05) is 132 Å². The van der Waals surface area contributed by atoms with Crippen molar-refractivity contribution in [3.8, 4) is 39.3 Å². The second-order valence-electron chi connectivity index (χ2n) is 23.6. The van der Waals surface area contributed by atoms with E-state index in [1.54, 1.807) is 50.5 Å². The van der Waals surface area contributed by atoms with Crippen molar-refractivity contribution in [2.75, 3.05) is 16.8 Å². The van der Waals surface area contributed by atoms with Gasteiger partial charge in [-0.3, -0.25) is 43.0 Å². The van der Waals surface area contributed by atoms with Gasteiger partial charge >= 0.3 is 7.48 Å². The number of nitrogens with one attached hydrogen (secondary N) is 1. The molecule has 0 aliphatic rings. The minimum absolute atomic E-state index is 0. The van der Waals surface area contributed by atoms with Gasteiger partial charge in [0.1, 0.15) is 11.0 Å². The fourth-order valence-corrected chi connectivity index (χ4v) is 11.9. The number of hydrogen-bond acceptors (Lipinski definition) is 16. The van der Waals surface area contributed by atoms with Crippen molar-refractivity contribution in [1.82, 2.24) is 48.6 Å². The molecule has 543 valence electrons. The molecule has 22 nitrogen and oxygen atoms in total. The molecule has 0 bridgehead atoms. The van der Waals surface area contributed by atoms with Gasteiger partial charge in [0.2, 0.25) is 23.3 Å². The molecule has 28 heteroatoms. The Morgan fingerprint density at radius 2 is 0.860 bits per heavy atom. The number of nitrogen functional groups attached to an aromatic ring is 2. The quantitative estimate of drug-likeness (QED) is 0.0398. The van der Waals surface area contributed by atoms with Gasteiger partial charge in [0.25, 0.3) is 16.7 Å². The molecule has 8 heterocycles. The van der Waals surface area contributed by atoms with E-state index in [9.17, 15) is 14.4 Å². The maximum atomic E-state index is 14.2. The fraction of sp³-hybridized carbons (Fsp3) is 0.114. The number of nitrogens with zero attached hydrogens (tertiary/aromatic N) is 12. The molecule has 0 aliphatic carbocycles. The summed E-state index contributed by atoms with van der Waals surface area (Å²) in [6, 6.07) is 62.2. The Hall–Kier alpha value is -11.5. The molecule has 14 rings (SSSR count). The Kier molecular flexibility index (Phi) is 30.8. The third-order valence-corrected chi connectivity index (χ3v) is 16.8. The van der Waals surface area contributed by atoms with Crippen LogP contribution >= 0.6 is 63.7 Å². The van der Waals surface area contributed by atoms with Crippen LogP contribution < -0.4 is 50.4 Å². The maximum Gasteiger partial charge on any atom is 0.326 e. The Morgan fingerprint density at radius 1 is 0.477 bits per heavy atom. The summed E-state index contributed by atoms with van der Waals surface area (Å²) in [5.41, 5.74) is 35.1. The molecule has 3 atom stereocenters. The van der Waals surface area contributed by atoms with Crippen LogP contribution in [-0.2, 0) is 0 Å². The van der Waals surface area contributed by atoms with Crippen LogP contribution in [0.1, 0.15) is 73.1 Å². The van der Waals surface area contributed by atoms with Crippen LogP contribution in [-0.4, -0.2) is 66.6 Å². The SMILES string of the molecule is C[C@H](N)c1cc2cccc(Cl)c2c(=O)n1-c1ccccc1.Cc1cc(-c2cccc3cc([C@H](C)N)n(-c4ccccc4)c(=O)c23)ccn1.Cc1cc([B]O)ccn1.O.S.S.S.[C-]#[N+]c1cnc(N)nc1Cl.[C-]#[N+]c1cnc(N)nc1N[C@@H](C)c1cc2cccc(-c3ccnc(C)c3)c2c(=O)n1-c1ccccc1. The van der Waals surface area contributed by atoms with Crippen LogP contribution in [0.2, 0.25) is 10.2 Å². The molecule has 8 aromatic heterocycles. The molecule has 0 saturated carbocycles. The number of benzene rings is 6. The molecule has 0 amide bonds. The van der Waals surface area contributed by atoms with E-state index in [2.05, 4.69) is 49.9 Å². The average Bonchev–Trinajstić information content (AvgIpc) is 0.762. The van der Waals surface area contributed by atoms with Crippen molar-refractivity contribution in [3.63, 3.8) is 0 Å². The first-order chi connectivity index (χ1) is 49.7. The Labute approximate surface area is 649 Å². The minimum Gasteiger partial charge on any atom is -0.450 e. The number of hydrogen-bond donors (Lipinski definition) is 6. The number of halogens is 2. The summed E-state index contributed by atoms with van der Waals surface area (Å²) >= 11 is 11.7. The highest BCUT2D eigenvalue weighted by Gasteiger charge is 2.22. The molecular weight excluding hydrogens is 1440 g/mol. The summed E-state index contributed by atoms with van der Waals surface area (Å²) in [5, 5.41) is 16.7. The second kappa shape index (κ2) is 39.0. The van der Waals surface area contributed by atoms with Gasteiger partial charge in [0.05, 0.1) is 40.4 Å². The number of aryl methyl sites for hydroxylation is 3. The van der Waals surface area contributed by atoms with Gasteiger partial charge in [-0.25, -0.2) is 29.6 Å². The lowest BCUT2D eigenvalue weighted by Gasteiger charge is -2.22. The molecule has 1 radical (unpaired) electrons. The number of anilines is 3. The van der Waals surface area contributed by atoms with Crippen molar-refractivity contribution >= 4 is 138 Å². The van der Waals surface area contributed by atoms with E-state index in [0.717, 1.165) is 103 Å². The molecule has 107 heavy (non-hydrogen) atoms. The number of rotatable bonds is 11. The Morgan fingerprint density at radius 3 is 1.26 bits per heavy atom. The van der Waals surface area contributed by atoms with Crippen LogP contribution in [0.5, 0.6) is 0 Å². The lowest BCUT2D eigenvalue weighted by Crippen LogP contribution is -2.26. The van der Waals surface area contributed by atoms with E-state index in [4.69, 9.17) is 64.3 Å². The molecule has 14 aromatic rings. The number of fused-ring (bicyclic) bond motifs is 3. The van der Waals surface area contributed by atoms with Crippen LogP contribution in [0.15, 0.2) is 246 Å². The van der Waals surface area contributed by atoms with E-state index in [0.29, 0.717) is 27.0 Å². The zero-order valence-electron chi connectivity index (χ0n) is 58.9. The third kappa shape index (κ3) is 20.1.